The van der Waals surface area contributed by atoms with Crippen molar-refractivity contribution in [3.8, 4) is 0 Å². The smallest absolute Gasteiger partial charge is 0.338 e. The van der Waals surface area contributed by atoms with Gasteiger partial charge in [0.25, 0.3) is 0 Å². The SMILES string of the molecule is O=C(OCc1ccccc1)c1ccc2c(c1)N=C1COCCC12. The van der Waals surface area contributed by atoms with Crippen molar-refractivity contribution in [2.24, 2.45) is 4.99 Å². The van der Waals surface area contributed by atoms with Crippen molar-refractivity contribution in [2.45, 2.75) is 18.9 Å². The number of carbonyl (C=O) groups excluding carboxylic acids is 1. The van der Waals surface area contributed by atoms with E-state index in [9.17, 15) is 4.79 Å². The van der Waals surface area contributed by atoms with Crippen LogP contribution in [0.5, 0.6) is 0 Å². The molecule has 0 radical (unpaired) electrons. The van der Waals surface area contributed by atoms with Crippen LogP contribution in [0.15, 0.2) is 53.5 Å². The minimum atomic E-state index is -0.317. The molecule has 1 unspecified atom stereocenters. The van der Waals surface area contributed by atoms with Gasteiger partial charge < -0.3 is 9.47 Å². The summed E-state index contributed by atoms with van der Waals surface area (Å²) in [6, 6.07) is 15.3. The number of fused-ring (bicyclic) bond motifs is 3. The lowest BCUT2D eigenvalue weighted by molar-refractivity contribution is 0.0472. The van der Waals surface area contributed by atoms with E-state index in [1.165, 1.54) is 5.56 Å². The van der Waals surface area contributed by atoms with Crippen LogP contribution in [0.3, 0.4) is 0 Å². The Labute approximate surface area is 134 Å². The second kappa shape index (κ2) is 5.97. The predicted molar refractivity (Wildman–Crippen MR) is 87.3 cm³/mol. The Balaban J connectivity index is 1.50. The zero-order valence-electron chi connectivity index (χ0n) is 12.7. The van der Waals surface area contributed by atoms with Gasteiger partial charge >= 0.3 is 5.97 Å². The zero-order chi connectivity index (χ0) is 15.6. The molecule has 2 aromatic carbocycles. The van der Waals surface area contributed by atoms with Crippen molar-refractivity contribution in [1.82, 2.24) is 0 Å². The molecule has 2 aromatic rings. The van der Waals surface area contributed by atoms with Crippen LogP contribution >= 0.6 is 0 Å². The molecule has 4 rings (SSSR count). The molecule has 0 aromatic heterocycles. The van der Waals surface area contributed by atoms with E-state index >= 15 is 0 Å². The number of esters is 1. The number of rotatable bonds is 3. The standard InChI is InChI=1S/C19H17NO3/c21-19(23-11-13-4-2-1-3-5-13)14-6-7-15-16-8-9-22-12-18(16)20-17(15)10-14/h1-7,10,16H,8-9,11-12H2. The van der Waals surface area contributed by atoms with Crippen LogP contribution in [-0.4, -0.2) is 24.9 Å². The van der Waals surface area contributed by atoms with Gasteiger partial charge in [0, 0.05) is 12.5 Å². The van der Waals surface area contributed by atoms with E-state index in [-0.39, 0.29) is 12.6 Å². The van der Waals surface area contributed by atoms with Gasteiger partial charge in [0.2, 0.25) is 0 Å². The number of hydrogen-bond donors (Lipinski definition) is 0. The summed E-state index contributed by atoms with van der Waals surface area (Å²) in [7, 11) is 0. The van der Waals surface area contributed by atoms with Crippen LogP contribution in [0.2, 0.25) is 0 Å². The summed E-state index contributed by atoms with van der Waals surface area (Å²) in [4.78, 5) is 16.9. The fourth-order valence-electron chi connectivity index (χ4n) is 3.11. The van der Waals surface area contributed by atoms with Crippen LogP contribution < -0.4 is 0 Å². The third-order valence-electron chi connectivity index (χ3n) is 4.32. The summed E-state index contributed by atoms with van der Waals surface area (Å²) in [6.07, 6.45) is 0.962. The molecule has 2 aliphatic heterocycles. The molecular weight excluding hydrogens is 290 g/mol. The molecule has 1 atom stereocenters. The van der Waals surface area contributed by atoms with Crippen LogP contribution in [0.4, 0.5) is 5.69 Å². The molecule has 4 nitrogen and oxygen atoms in total. The summed E-state index contributed by atoms with van der Waals surface area (Å²) >= 11 is 0. The molecule has 0 saturated carbocycles. The van der Waals surface area contributed by atoms with Crippen molar-refractivity contribution in [3.63, 3.8) is 0 Å². The van der Waals surface area contributed by atoms with E-state index in [1.54, 1.807) is 0 Å². The summed E-state index contributed by atoms with van der Waals surface area (Å²) in [5.74, 6) is 0.0381. The number of hydrogen-bond acceptors (Lipinski definition) is 4. The maximum Gasteiger partial charge on any atom is 0.338 e. The van der Waals surface area contributed by atoms with Gasteiger partial charge in [0.05, 0.1) is 23.6 Å². The Morgan fingerprint density at radius 1 is 1.22 bits per heavy atom. The Morgan fingerprint density at radius 3 is 2.96 bits per heavy atom. The molecule has 23 heavy (non-hydrogen) atoms. The number of carbonyl (C=O) groups is 1. The molecule has 0 aliphatic carbocycles. The lowest BCUT2D eigenvalue weighted by Gasteiger charge is -2.20. The Kier molecular flexibility index (Phi) is 3.67. The first kappa shape index (κ1) is 14.2. The fraction of sp³-hybridized carbons (Fsp3) is 0.263. The molecule has 1 fully saturated rings. The lowest BCUT2D eigenvalue weighted by atomic mass is 9.91. The minimum Gasteiger partial charge on any atom is -0.457 e. The van der Waals surface area contributed by atoms with Crippen LogP contribution in [0.25, 0.3) is 0 Å². The molecule has 0 N–H and O–H groups in total. The van der Waals surface area contributed by atoms with E-state index in [0.29, 0.717) is 18.1 Å². The van der Waals surface area contributed by atoms with E-state index in [4.69, 9.17) is 9.47 Å². The normalized spacial score (nSPS) is 18.8. The second-order valence-electron chi connectivity index (χ2n) is 5.83. The van der Waals surface area contributed by atoms with E-state index < -0.39 is 0 Å². The molecule has 2 aliphatic rings. The van der Waals surface area contributed by atoms with Gasteiger partial charge in [0.15, 0.2) is 0 Å². The highest BCUT2D eigenvalue weighted by molar-refractivity contribution is 6.00. The average molecular weight is 307 g/mol. The summed E-state index contributed by atoms with van der Waals surface area (Å²) in [5.41, 5.74) is 4.67. The van der Waals surface area contributed by atoms with Gasteiger partial charge in [-0.1, -0.05) is 36.4 Å². The first-order chi connectivity index (χ1) is 11.3. The molecule has 1 saturated heterocycles. The van der Waals surface area contributed by atoms with Crippen LogP contribution in [0.1, 0.15) is 33.8 Å². The lowest BCUT2D eigenvalue weighted by Crippen LogP contribution is -2.23. The molecule has 0 bridgehead atoms. The molecule has 4 heteroatoms. The Hall–Kier alpha value is -2.46. The molecule has 2 heterocycles. The highest BCUT2D eigenvalue weighted by Crippen LogP contribution is 2.39. The maximum absolute atomic E-state index is 12.2. The van der Waals surface area contributed by atoms with Gasteiger partial charge in [-0.3, -0.25) is 4.99 Å². The van der Waals surface area contributed by atoms with Gasteiger partial charge in [-0.2, -0.15) is 0 Å². The molecule has 0 spiro atoms. The predicted octanol–water partition coefficient (Wildman–Crippen LogP) is 3.63. The van der Waals surface area contributed by atoms with Crippen molar-refractivity contribution < 1.29 is 14.3 Å². The van der Waals surface area contributed by atoms with Gasteiger partial charge in [-0.15, -0.1) is 0 Å². The highest BCUT2D eigenvalue weighted by atomic mass is 16.5. The molecule has 116 valence electrons. The largest absolute Gasteiger partial charge is 0.457 e. The summed E-state index contributed by atoms with van der Waals surface area (Å²) < 4.78 is 10.8. The monoisotopic (exact) mass is 307 g/mol. The Bertz CT molecular complexity index is 767. The quantitative estimate of drug-likeness (QED) is 0.814. The molecule has 0 amide bonds. The third-order valence-corrected chi connectivity index (χ3v) is 4.32. The number of aliphatic imine (C=N–C) groups is 1. The first-order valence-corrected chi connectivity index (χ1v) is 7.81. The van der Waals surface area contributed by atoms with Crippen LogP contribution in [-0.2, 0) is 16.1 Å². The maximum atomic E-state index is 12.2. The van der Waals surface area contributed by atoms with E-state index in [2.05, 4.69) is 4.99 Å². The molecular formula is C19H17NO3. The topological polar surface area (TPSA) is 47.9 Å². The van der Waals surface area contributed by atoms with E-state index in [0.717, 1.165) is 30.0 Å². The van der Waals surface area contributed by atoms with Crippen LogP contribution in [0, 0.1) is 0 Å². The van der Waals surface area contributed by atoms with E-state index in [1.807, 2.05) is 48.5 Å². The highest BCUT2D eigenvalue weighted by Gasteiger charge is 2.30. The zero-order valence-corrected chi connectivity index (χ0v) is 12.7. The van der Waals surface area contributed by atoms with Crippen molar-refractivity contribution >= 4 is 17.4 Å². The average Bonchev–Trinajstić information content (AvgIpc) is 2.98. The Morgan fingerprint density at radius 2 is 2.09 bits per heavy atom. The van der Waals surface area contributed by atoms with Gasteiger partial charge in [-0.25, -0.2) is 4.79 Å². The van der Waals surface area contributed by atoms with Gasteiger partial charge in [-0.05, 0) is 29.7 Å². The first-order valence-electron chi connectivity index (χ1n) is 7.81. The van der Waals surface area contributed by atoms with Gasteiger partial charge in [0.1, 0.15) is 6.61 Å². The second-order valence-corrected chi connectivity index (χ2v) is 5.83. The van der Waals surface area contributed by atoms with Crippen molar-refractivity contribution in [3.05, 3.63) is 65.2 Å². The number of nitrogens with zero attached hydrogens (tertiary/aromatic N) is 1. The number of ether oxygens (including phenoxy) is 2. The summed E-state index contributed by atoms with van der Waals surface area (Å²) in [6.45, 7) is 1.64. The van der Waals surface area contributed by atoms with Crippen molar-refractivity contribution in [2.75, 3.05) is 13.2 Å². The van der Waals surface area contributed by atoms with Crippen molar-refractivity contribution in [1.29, 1.82) is 0 Å². The summed E-state index contributed by atoms with van der Waals surface area (Å²) in [5, 5.41) is 0. The number of benzene rings is 2. The minimum absolute atomic E-state index is 0.280. The fourth-order valence-corrected chi connectivity index (χ4v) is 3.11. The third kappa shape index (κ3) is 2.78.